The Labute approximate surface area is 127 Å². The predicted molar refractivity (Wildman–Crippen MR) is 72.2 cm³/mol. The minimum absolute atomic E-state index is 0.00000165. The van der Waals surface area contributed by atoms with Gasteiger partial charge in [-0.05, 0) is 25.9 Å². The van der Waals surface area contributed by atoms with Crippen LogP contribution < -0.4 is 0 Å². The lowest BCUT2D eigenvalue weighted by Crippen LogP contribution is -2.64. The first kappa shape index (κ1) is 17.2. The van der Waals surface area contributed by atoms with Crippen LogP contribution in [0, 0.1) is 5.41 Å². The van der Waals surface area contributed by atoms with Crippen LogP contribution in [-0.2, 0) is 14.3 Å². The van der Waals surface area contributed by atoms with Crippen molar-refractivity contribution in [1.82, 2.24) is 9.80 Å². The number of methoxy groups -OCH3 is 1. The molecular formula is C14H21F3N2O3. The fourth-order valence-electron chi connectivity index (χ4n) is 3.21. The van der Waals surface area contributed by atoms with E-state index in [1.54, 1.807) is 0 Å². The van der Waals surface area contributed by atoms with Crippen LogP contribution in [0.5, 0.6) is 0 Å². The van der Waals surface area contributed by atoms with Gasteiger partial charge in [-0.1, -0.05) is 6.92 Å². The van der Waals surface area contributed by atoms with E-state index in [4.69, 9.17) is 4.74 Å². The molecule has 22 heavy (non-hydrogen) atoms. The highest BCUT2D eigenvalue weighted by Crippen LogP contribution is 2.40. The molecule has 0 spiro atoms. The number of hydrogen-bond acceptors (Lipinski definition) is 4. The zero-order chi connectivity index (χ0) is 16.5. The van der Waals surface area contributed by atoms with Crippen LogP contribution in [-0.4, -0.2) is 73.6 Å². The van der Waals surface area contributed by atoms with Gasteiger partial charge in [0.2, 0.25) is 0 Å². The minimum Gasteiger partial charge on any atom is -0.383 e. The molecule has 2 bridgehead atoms. The second-order valence-electron chi connectivity index (χ2n) is 6.22. The number of amides is 1. The standard InChI is InChI=1S/C14H21F3N2O3/c1-13-3-5-18(6-4-13)10(11(13)20)9-19(7-8-22-2)12(21)14(15,16)17/h10H,3-9H2,1-2H3. The van der Waals surface area contributed by atoms with Gasteiger partial charge in [0.1, 0.15) is 0 Å². The van der Waals surface area contributed by atoms with Crippen LogP contribution in [0.1, 0.15) is 19.8 Å². The number of fused-ring (bicyclic) bond motifs is 3. The van der Waals surface area contributed by atoms with Crippen LogP contribution >= 0.6 is 0 Å². The summed E-state index contributed by atoms with van der Waals surface area (Å²) < 4.78 is 42.9. The first-order valence-corrected chi connectivity index (χ1v) is 7.32. The third kappa shape index (κ3) is 3.27. The lowest BCUT2D eigenvalue weighted by molar-refractivity contribution is -0.187. The number of carbonyl (C=O) groups is 2. The molecule has 3 aliphatic heterocycles. The number of nitrogens with zero attached hydrogens (tertiary/aromatic N) is 2. The van der Waals surface area contributed by atoms with Crippen LogP contribution in [0.4, 0.5) is 13.2 Å². The first-order valence-electron chi connectivity index (χ1n) is 7.32. The molecule has 3 saturated heterocycles. The topological polar surface area (TPSA) is 49.9 Å². The maximum atomic E-state index is 12.7. The molecule has 3 aliphatic rings. The number of carbonyl (C=O) groups excluding carboxylic acids is 2. The van der Waals surface area contributed by atoms with Crippen molar-refractivity contribution >= 4 is 11.7 Å². The Morgan fingerprint density at radius 3 is 2.50 bits per heavy atom. The number of alkyl halides is 3. The first-order chi connectivity index (χ1) is 10.2. The van der Waals surface area contributed by atoms with E-state index in [2.05, 4.69) is 0 Å². The smallest absolute Gasteiger partial charge is 0.383 e. The van der Waals surface area contributed by atoms with Crippen LogP contribution in [0.2, 0.25) is 0 Å². The number of rotatable bonds is 5. The Bertz CT molecular complexity index is 445. The van der Waals surface area contributed by atoms with Gasteiger partial charge in [0.05, 0.1) is 12.6 Å². The second-order valence-corrected chi connectivity index (χ2v) is 6.22. The number of ether oxygens (including phenoxy) is 1. The molecule has 3 fully saturated rings. The SMILES string of the molecule is COCCN(CC1C(=O)C2(C)CCN1CC2)C(=O)C(F)(F)F. The highest BCUT2D eigenvalue weighted by molar-refractivity contribution is 5.92. The van der Waals surface area contributed by atoms with Gasteiger partial charge >= 0.3 is 12.1 Å². The summed E-state index contributed by atoms with van der Waals surface area (Å²) in [5.74, 6) is -1.97. The Morgan fingerprint density at radius 2 is 2.00 bits per heavy atom. The van der Waals surface area contributed by atoms with Crippen LogP contribution in [0.3, 0.4) is 0 Å². The summed E-state index contributed by atoms with van der Waals surface area (Å²) in [6, 6.07) is -0.643. The molecule has 3 rings (SSSR count). The highest BCUT2D eigenvalue weighted by Gasteiger charge is 2.51. The van der Waals surface area contributed by atoms with Gasteiger partial charge in [-0.25, -0.2) is 0 Å². The summed E-state index contributed by atoms with van der Waals surface area (Å²) in [6.07, 6.45) is -3.48. The largest absolute Gasteiger partial charge is 0.471 e. The van der Waals surface area contributed by atoms with Gasteiger partial charge < -0.3 is 9.64 Å². The lowest BCUT2D eigenvalue weighted by atomic mass is 9.69. The molecule has 0 aromatic carbocycles. The molecule has 1 atom stereocenters. The quantitative estimate of drug-likeness (QED) is 0.760. The molecule has 0 saturated carbocycles. The average molecular weight is 322 g/mol. The zero-order valence-electron chi connectivity index (χ0n) is 12.8. The van der Waals surface area contributed by atoms with Gasteiger partial charge in [0.15, 0.2) is 5.78 Å². The maximum Gasteiger partial charge on any atom is 0.471 e. The molecule has 1 unspecified atom stereocenters. The molecule has 1 amide bonds. The number of Topliss-reactive ketones (excluding diaryl/α,β-unsaturated/α-hetero) is 1. The molecular weight excluding hydrogens is 301 g/mol. The minimum atomic E-state index is -4.94. The van der Waals surface area contributed by atoms with Gasteiger partial charge in [-0.2, -0.15) is 13.2 Å². The summed E-state index contributed by atoms with van der Waals surface area (Å²) in [4.78, 5) is 26.6. The van der Waals surface area contributed by atoms with Crippen molar-refractivity contribution in [2.45, 2.75) is 32.0 Å². The highest BCUT2D eigenvalue weighted by atomic mass is 19.4. The van der Waals surface area contributed by atoms with Crippen molar-refractivity contribution in [3.05, 3.63) is 0 Å². The zero-order valence-corrected chi connectivity index (χ0v) is 12.8. The van der Waals surface area contributed by atoms with Crippen molar-refractivity contribution in [2.24, 2.45) is 5.41 Å². The molecule has 3 heterocycles. The summed E-state index contributed by atoms with van der Waals surface area (Å²) >= 11 is 0. The lowest BCUT2D eigenvalue weighted by Gasteiger charge is -2.50. The molecule has 126 valence electrons. The Morgan fingerprint density at radius 1 is 1.41 bits per heavy atom. The maximum absolute atomic E-state index is 12.7. The normalized spacial score (nSPS) is 31.4. The molecule has 0 aliphatic carbocycles. The van der Waals surface area contributed by atoms with E-state index in [9.17, 15) is 22.8 Å². The number of piperidine rings is 3. The van der Waals surface area contributed by atoms with Crippen LogP contribution in [0.25, 0.3) is 0 Å². The molecule has 0 aromatic rings. The Balaban J connectivity index is 2.13. The van der Waals surface area contributed by atoms with Crippen molar-refractivity contribution in [2.75, 3.05) is 39.9 Å². The Hall–Kier alpha value is -1.15. The van der Waals surface area contributed by atoms with Gasteiger partial charge in [0.25, 0.3) is 0 Å². The van der Waals surface area contributed by atoms with Gasteiger partial charge in [-0.15, -0.1) is 0 Å². The van der Waals surface area contributed by atoms with Crippen molar-refractivity contribution in [3.63, 3.8) is 0 Å². The van der Waals surface area contributed by atoms with E-state index in [1.165, 1.54) is 7.11 Å². The van der Waals surface area contributed by atoms with Gasteiger partial charge in [-0.3, -0.25) is 14.5 Å². The average Bonchev–Trinajstić information content (AvgIpc) is 2.45. The monoisotopic (exact) mass is 322 g/mol. The third-order valence-corrected chi connectivity index (χ3v) is 4.73. The van der Waals surface area contributed by atoms with Gasteiger partial charge in [0, 0.05) is 25.6 Å². The van der Waals surface area contributed by atoms with E-state index in [0.717, 1.165) is 12.8 Å². The summed E-state index contributed by atoms with van der Waals surface area (Å²) in [5, 5.41) is 0. The number of hydrogen-bond donors (Lipinski definition) is 0. The number of halogens is 3. The summed E-state index contributed by atoms with van der Waals surface area (Å²) in [6.45, 7) is 2.83. The summed E-state index contributed by atoms with van der Waals surface area (Å²) in [5.41, 5.74) is -0.465. The van der Waals surface area contributed by atoms with E-state index < -0.39 is 23.5 Å². The predicted octanol–water partition coefficient (Wildman–Crippen LogP) is 1.08. The van der Waals surface area contributed by atoms with E-state index >= 15 is 0 Å². The van der Waals surface area contributed by atoms with E-state index in [0.29, 0.717) is 18.0 Å². The molecule has 8 heteroatoms. The Kier molecular flexibility index (Phi) is 4.81. The molecule has 5 nitrogen and oxygen atoms in total. The van der Waals surface area contributed by atoms with Crippen molar-refractivity contribution in [1.29, 1.82) is 0 Å². The second kappa shape index (κ2) is 6.16. The molecule has 0 radical (unpaired) electrons. The summed E-state index contributed by atoms with van der Waals surface area (Å²) in [7, 11) is 1.36. The fraction of sp³-hybridized carbons (Fsp3) is 0.857. The molecule has 0 aromatic heterocycles. The fourth-order valence-corrected chi connectivity index (χ4v) is 3.21. The number of ketones is 1. The van der Waals surface area contributed by atoms with E-state index in [-0.39, 0.29) is 25.5 Å². The van der Waals surface area contributed by atoms with Crippen molar-refractivity contribution < 1.29 is 27.5 Å². The van der Waals surface area contributed by atoms with E-state index in [1.807, 2.05) is 11.8 Å². The van der Waals surface area contributed by atoms with Crippen molar-refractivity contribution in [3.8, 4) is 0 Å². The van der Waals surface area contributed by atoms with Crippen LogP contribution in [0.15, 0.2) is 0 Å². The molecule has 0 N–H and O–H groups in total. The third-order valence-electron chi connectivity index (χ3n) is 4.73.